The molecule has 2 atom stereocenters. The maximum absolute atomic E-state index is 5.49. The van der Waals surface area contributed by atoms with E-state index in [1.54, 1.807) is 0 Å². The lowest BCUT2D eigenvalue weighted by atomic mass is 9.96. The fraction of sp³-hybridized carbons (Fsp3) is 0.162. The first-order chi connectivity index (χ1) is 20.1. The van der Waals surface area contributed by atoms with Gasteiger partial charge in [0, 0.05) is 44.0 Å². The van der Waals surface area contributed by atoms with Crippen LogP contribution >= 0.6 is 11.3 Å². The molecule has 0 aliphatic carbocycles. The van der Waals surface area contributed by atoms with Gasteiger partial charge in [-0.15, -0.1) is 17.9 Å². The van der Waals surface area contributed by atoms with Gasteiger partial charge in [-0.05, 0) is 55.3 Å². The van der Waals surface area contributed by atoms with E-state index in [0.717, 1.165) is 23.5 Å². The Balaban J connectivity index is 1.55. The Kier molecular flexibility index (Phi) is 7.69. The van der Waals surface area contributed by atoms with E-state index in [2.05, 4.69) is 127 Å². The average Bonchev–Trinajstić information content (AvgIpc) is 3.56. The zero-order valence-electron chi connectivity index (χ0n) is 23.7. The van der Waals surface area contributed by atoms with Crippen LogP contribution in [0.4, 0.5) is 5.69 Å². The van der Waals surface area contributed by atoms with Crippen LogP contribution in [-0.4, -0.2) is 25.5 Å². The highest BCUT2D eigenvalue weighted by Crippen LogP contribution is 2.44. The normalized spacial score (nSPS) is 15.3. The number of hydrogen-bond donors (Lipinski definition) is 1. The summed E-state index contributed by atoms with van der Waals surface area (Å²) in [7, 11) is 1.99. The molecule has 1 aromatic heterocycles. The highest BCUT2D eigenvalue weighted by molar-refractivity contribution is 7.26. The number of thiophene rings is 1. The zero-order valence-corrected chi connectivity index (χ0v) is 24.5. The van der Waals surface area contributed by atoms with Gasteiger partial charge >= 0.3 is 0 Å². The molecule has 5 aromatic rings. The van der Waals surface area contributed by atoms with Crippen LogP contribution in [0.3, 0.4) is 0 Å². The molecule has 1 N–H and O–H groups in total. The Morgan fingerprint density at radius 2 is 1.76 bits per heavy atom. The van der Waals surface area contributed by atoms with E-state index >= 15 is 0 Å². The van der Waals surface area contributed by atoms with Gasteiger partial charge in [-0.2, -0.15) is 0 Å². The number of rotatable bonds is 9. The number of aliphatic imine (C=N–C) groups is 1. The van der Waals surface area contributed by atoms with Crippen molar-refractivity contribution in [1.29, 1.82) is 0 Å². The van der Waals surface area contributed by atoms with E-state index in [1.807, 2.05) is 31.4 Å². The fourth-order valence-electron chi connectivity index (χ4n) is 5.71. The minimum absolute atomic E-state index is 0.0370. The summed E-state index contributed by atoms with van der Waals surface area (Å²) in [6, 6.07) is 32.9. The van der Waals surface area contributed by atoms with Crippen molar-refractivity contribution in [1.82, 2.24) is 5.32 Å². The van der Waals surface area contributed by atoms with Crippen LogP contribution in [0, 0.1) is 0 Å². The monoisotopic (exact) mass is 553 g/mol. The van der Waals surface area contributed by atoms with Crippen molar-refractivity contribution in [2.75, 3.05) is 18.5 Å². The number of likely N-dealkylation sites (N-methyl/N-ethyl adjacent to an activating group) is 1. The minimum atomic E-state index is 0.0370. The second kappa shape index (κ2) is 11.7. The molecule has 41 heavy (non-hydrogen) atoms. The molecule has 204 valence electrons. The molecule has 6 rings (SSSR count). The summed E-state index contributed by atoms with van der Waals surface area (Å²) in [4.78, 5) is 7.87. The van der Waals surface area contributed by atoms with Crippen LogP contribution in [-0.2, 0) is 0 Å². The summed E-state index contributed by atoms with van der Waals surface area (Å²) in [6.07, 6.45) is 7.13. The van der Waals surface area contributed by atoms with E-state index in [1.165, 1.54) is 42.4 Å². The smallest absolute Gasteiger partial charge is 0.138 e. The molecule has 0 fully saturated rings. The average molecular weight is 554 g/mol. The quantitative estimate of drug-likeness (QED) is 0.145. The first-order valence-corrected chi connectivity index (χ1v) is 15.0. The topological polar surface area (TPSA) is 27.6 Å². The highest BCUT2D eigenvalue weighted by atomic mass is 32.1. The lowest BCUT2D eigenvalue weighted by Gasteiger charge is -2.25. The van der Waals surface area contributed by atoms with Gasteiger partial charge in [0.15, 0.2) is 0 Å². The van der Waals surface area contributed by atoms with E-state index < -0.39 is 0 Å². The van der Waals surface area contributed by atoms with Crippen molar-refractivity contribution < 1.29 is 0 Å². The van der Waals surface area contributed by atoms with Crippen molar-refractivity contribution in [3.63, 3.8) is 0 Å². The molecule has 0 saturated carbocycles. The molecule has 3 nitrogen and oxygen atoms in total. The third-order valence-electron chi connectivity index (χ3n) is 7.78. The zero-order chi connectivity index (χ0) is 28.3. The summed E-state index contributed by atoms with van der Waals surface area (Å²) in [5, 5.41) is 5.99. The lowest BCUT2D eigenvalue weighted by molar-refractivity contribution is 0.548. The van der Waals surface area contributed by atoms with Gasteiger partial charge in [0.1, 0.15) is 5.84 Å². The third-order valence-corrected chi connectivity index (χ3v) is 8.99. The molecule has 0 saturated heterocycles. The van der Waals surface area contributed by atoms with Crippen LogP contribution < -0.4 is 10.2 Å². The second-order valence-corrected chi connectivity index (χ2v) is 11.7. The molecule has 2 unspecified atom stereocenters. The maximum Gasteiger partial charge on any atom is 0.138 e. The molecule has 2 heterocycles. The number of fused-ring (bicyclic) bond motifs is 5. The molecule has 0 spiro atoms. The van der Waals surface area contributed by atoms with Gasteiger partial charge in [0.2, 0.25) is 0 Å². The number of anilines is 1. The summed E-state index contributed by atoms with van der Waals surface area (Å²) in [5.41, 5.74) is 7.08. The number of hydrogen-bond acceptors (Lipinski definition) is 4. The Morgan fingerprint density at radius 1 is 0.976 bits per heavy atom. The van der Waals surface area contributed by atoms with Crippen molar-refractivity contribution in [2.24, 2.45) is 4.99 Å². The van der Waals surface area contributed by atoms with Crippen molar-refractivity contribution >= 4 is 43.0 Å². The Hall–Kier alpha value is -4.25. The molecule has 1 aliphatic heterocycles. The highest BCUT2D eigenvalue weighted by Gasteiger charge is 2.32. The second-order valence-electron chi connectivity index (χ2n) is 10.6. The van der Waals surface area contributed by atoms with Gasteiger partial charge in [-0.3, -0.25) is 4.99 Å². The summed E-state index contributed by atoms with van der Waals surface area (Å²) >= 11 is 1.87. The van der Waals surface area contributed by atoms with Gasteiger partial charge in [-0.25, -0.2) is 0 Å². The number of nitrogens with one attached hydrogen (secondary N) is 1. The SMILES string of the molecule is C=CC(CC1N=C(N(C/C=C\C(=C)C)c2cccc(-c3ccccc3)c2)c2c1ccc1c2sc2ccccc21)NC. The molecule has 4 heteroatoms. The summed E-state index contributed by atoms with van der Waals surface area (Å²) in [6.45, 7) is 10.9. The van der Waals surface area contributed by atoms with Crippen molar-refractivity contribution in [2.45, 2.75) is 25.4 Å². The van der Waals surface area contributed by atoms with Crippen LogP contribution in [0.15, 0.2) is 133 Å². The molecule has 1 aliphatic rings. The first-order valence-electron chi connectivity index (χ1n) is 14.1. The van der Waals surface area contributed by atoms with Gasteiger partial charge in [-0.1, -0.05) is 103 Å². The lowest BCUT2D eigenvalue weighted by Crippen LogP contribution is -2.31. The molecular weight excluding hydrogens is 518 g/mol. The predicted molar refractivity (Wildman–Crippen MR) is 179 cm³/mol. The number of benzene rings is 4. The van der Waals surface area contributed by atoms with Crippen LogP contribution in [0.1, 0.15) is 30.5 Å². The van der Waals surface area contributed by atoms with Gasteiger partial charge < -0.3 is 10.2 Å². The molecular formula is C37H35N3S. The minimum Gasteiger partial charge on any atom is -0.322 e. The fourth-order valence-corrected chi connectivity index (χ4v) is 6.96. The summed E-state index contributed by atoms with van der Waals surface area (Å²) in [5.74, 6) is 1.03. The molecule has 0 radical (unpaired) electrons. The van der Waals surface area contributed by atoms with Crippen LogP contribution in [0.5, 0.6) is 0 Å². The van der Waals surface area contributed by atoms with Crippen molar-refractivity contribution in [3.05, 3.63) is 139 Å². The predicted octanol–water partition coefficient (Wildman–Crippen LogP) is 9.33. The third kappa shape index (κ3) is 5.29. The maximum atomic E-state index is 5.49. The Morgan fingerprint density at radius 3 is 2.54 bits per heavy atom. The van der Waals surface area contributed by atoms with Gasteiger partial charge in [0.05, 0.1) is 6.04 Å². The van der Waals surface area contributed by atoms with E-state index in [0.29, 0.717) is 6.54 Å². The first kappa shape index (κ1) is 26.9. The Labute approximate surface area is 246 Å². The van der Waals surface area contributed by atoms with Crippen molar-refractivity contribution in [3.8, 4) is 11.1 Å². The summed E-state index contributed by atoms with van der Waals surface area (Å²) < 4.78 is 2.61. The Bertz CT molecular complexity index is 1790. The molecule has 0 amide bonds. The molecule has 0 bridgehead atoms. The standard InChI is InChI=1S/C37H35N3S/c1-5-28(38-4)24-33-32-21-20-31-30-18-9-10-19-34(30)41-36(31)35(32)37(39-33)40(22-12-13-25(2)3)29-17-11-16-27(23-29)26-14-7-6-8-15-26/h5-21,23,28,33,38H,1-2,22,24H2,3-4H3/b13-12-. The number of allylic oxidation sites excluding steroid dienone is 2. The molecule has 4 aromatic carbocycles. The van der Waals surface area contributed by atoms with E-state index in [4.69, 9.17) is 4.99 Å². The number of amidine groups is 1. The van der Waals surface area contributed by atoms with Crippen LogP contribution in [0.25, 0.3) is 31.3 Å². The number of nitrogens with zero attached hydrogens (tertiary/aromatic N) is 2. The van der Waals surface area contributed by atoms with E-state index in [9.17, 15) is 0 Å². The largest absolute Gasteiger partial charge is 0.322 e. The van der Waals surface area contributed by atoms with Crippen LogP contribution in [0.2, 0.25) is 0 Å². The van der Waals surface area contributed by atoms with Gasteiger partial charge in [0.25, 0.3) is 0 Å². The van der Waals surface area contributed by atoms with E-state index in [-0.39, 0.29) is 12.1 Å².